The van der Waals surface area contributed by atoms with Crippen molar-refractivity contribution in [2.24, 2.45) is 5.73 Å². The van der Waals surface area contributed by atoms with Crippen LogP contribution in [0.5, 0.6) is 5.75 Å². The maximum absolute atomic E-state index is 5.85. The summed E-state index contributed by atoms with van der Waals surface area (Å²) in [6.07, 6.45) is 2.84. The van der Waals surface area contributed by atoms with E-state index in [0.29, 0.717) is 6.54 Å². The molecule has 0 amide bonds. The summed E-state index contributed by atoms with van der Waals surface area (Å²) in [7, 11) is 0. The Hall–Kier alpha value is -1.39. The van der Waals surface area contributed by atoms with Crippen molar-refractivity contribution in [1.29, 1.82) is 0 Å². The van der Waals surface area contributed by atoms with Gasteiger partial charge in [-0.2, -0.15) is 0 Å². The summed E-state index contributed by atoms with van der Waals surface area (Å²) in [5.74, 6) is 0.966. The lowest BCUT2D eigenvalue weighted by atomic mass is 10.1. The Balaban J connectivity index is 2.07. The third kappa shape index (κ3) is 1.50. The number of hydrogen-bond donors (Lipinski definition) is 1. The van der Waals surface area contributed by atoms with E-state index in [0.717, 1.165) is 22.7 Å². The molecule has 0 radical (unpaired) electrons. The van der Waals surface area contributed by atoms with E-state index < -0.39 is 0 Å². The van der Waals surface area contributed by atoms with Gasteiger partial charge in [0, 0.05) is 24.5 Å². The lowest BCUT2D eigenvalue weighted by Crippen LogP contribution is -2.24. The molecule has 1 atom stereocenters. The molecule has 2 N–H and O–H groups in total. The zero-order chi connectivity index (χ0) is 11.0. The van der Waals surface area contributed by atoms with Crippen molar-refractivity contribution >= 4 is 11.3 Å². The third-order valence-corrected chi connectivity index (χ3v) is 3.56. The highest BCUT2D eigenvalue weighted by Gasteiger charge is 2.25. The normalized spacial score (nSPS) is 18.2. The number of thiazole rings is 1. The molecule has 0 saturated heterocycles. The molecule has 0 spiro atoms. The minimum Gasteiger partial charge on any atom is -0.488 e. The van der Waals surface area contributed by atoms with Crippen molar-refractivity contribution in [1.82, 2.24) is 4.98 Å². The fourth-order valence-corrected chi connectivity index (χ4v) is 2.65. The Morgan fingerprint density at radius 3 is 3.19 bits per heavy atom. The van der Waals surface area contributed by atoms with Crippen molar-refractivity contribution in [3.05, 3.63) is 35.3 Å². The van der Waals surface area contributed by atoms with Gasteiger partial charge in [-0.15, -0.1) is 11.3 Å². The SMILES string of the molecule is NC[C@@H]1Cc2cccc(-c3nccs3)c2O1. The number of para-hydroxylation sites is 1. The highest BCUT2D eigenvalue weighted by atomic mass is 32.1. The van der Waals surface area contributed by atoms with Gasteiger partial charge in [-0.3, -0.25) is 0 Å². The molecule has 2 aromatic rings. The smallest absolute Gasteiger partial charge is 0.133 e. The van der Waals surface area contributed by atoms with E-state index in [1.54, 1.807) is 11.3 Å². The van der Waals surface area contributed by atoms with Gasteiger partial charge in [0.1, 0.15) is 16.9 Å². The van der Waals surface area contributed by atoms with Crippen LogP contribution >= 0.6 is 11.3 Å². The maximum atomic E-state index is 5.85. The van der Waals surface area contributed by atoms with Crippen LogP contribution in [-0.4, -0.2) is 17.6 Å². The number of nitrogens with two attached hydrogens (primary N) is 1. The van der Waals surface area contributed by atoms with Crippen molar-refractivity contribution in [2.45, 2.75) is 12.5 Å². The predicted molar refractivity (Wildman–Crippen MR) is 64.7 cm³/mol. The van der Waals surface area contributed by atoms with Gasteiger partial charge in [0.25, 0.3) is 0 Å². The zero-order valence-corrected chi connectivity index (χ0v) is 9.54. The van der Waals surface area contributed by atoms with Crippen molar-refractivity contribution in [3.8, 4) is 16.3 Å². The molecule has 0 saturated carbocycles. The third-order valence-electron chi connectivity index (χ3n) is 2.75. The standard InChI is InChI=1S/C12H12N2OS/c13-7-9-6-8-2-1-3-10(11(8)15-9)12-14-4-5-16-12/h1-5,9H,6-7,13H2/t9-/m0/s1. The summed E-state index contributed by atoms with van der Waals surface area (Å²) in [6.45, 7) is 0.561. The predicted octanol–water partition coefficient (Wildman–Crippen LogP) is 2.07. The van der Waals surface area contributed by atoms with Crippen molar-refractivity contribution < 1.29 is 4.74 Å². The molecule has 0 aliphatic carbocycles. The lowest BCUT2D eigenvalue weighted by molar-refractivity contribution is 0.242. The molecular weight excluding hydrogens is 220 g/mol. The van der Waals surface area contributed by atoms with Crippen LogP contribution < -0.4 is 10.5 Å². The Labute approximate surface area is 97.9 Å². The van der Waals surface area contributed by atoms with Gasteiger partial charge in [-0.1, -0.05) is 12.1 Å². The first-order chi connectivity index (χ1) is 7.88. The molecule has 82 valence electrons. The molecule has 1 aliphatic heterocycles. The van der Waals surface area contributed by atoms with Crippen LogP contribution in [0.1, 0.15) is 5.56 Å². The van der Waals surface area contributed by atoms with Crippen molar-refractivity contribution in [3.63, 3.8) is 0 Å². The Kier molecular flexibility index (Phi) is 2.38. The number of nitrogens with zero attached hydrogens (tertiary/aromatic N) is 1. The Morgan fingerprint density at radius 2 is 2.44 bits per heavy atom. The number of rotatable bonds is 2. The van der Waals surface area contributed by atoms with Gasteiger partial charge in [0.05, 0.1) is 5.56 Å². The first kappa shape index (κ1) is 9.81. The fraction of sp³-hybridized carbons (Fsp3) is 0.250. The highest BCUT2D eigenvalue weighted by molar-refractivity contribution is 7.13. The second-order valence-corrected chi connectivity index (χ2v) is 4.71. The first-order valence-electron chi connectivity index (χ1n) is 5.27. The number of fused-ring (bicyclic) bond motifs is 1. The number of aromatic nitrogens is 1. The highest BCUT2D eigenvalue weighted by Crippen LogP contribution is 2.39. The van der Waals surface area contributed by atoms with E-state index in [1.165, 1.54) is 5.56 Å². The minimum atomic E-state index is 0.121. The Morgan fingerprint density at radius 1 is 1.50 bits per heavy atom. The summed E-state index contributed by atoms with van der Waals surface area (Å²) in [6, 6.07) is 6.20. The maximum Gasteiger partial charge on any atom is 0.133 e. The molecule has 3 rings (SSSR count). The quantitative estimate of drug-likeness (QED) is 0.862. The molecule has 1 aromatic heterocycles. The summed E-state index contributed by atoms with van der Waals surface area (Å²) in [4.78, 5) is 4.32. The molecule has 1 aromatic carbocycles. The summed E-state index contributed by atoms with van der Waals surface area (Å²) in [5.41, 5.74) is 7.97. The molecular formula is C12H12N2OS. The first-order valence-corrected chi connectivity index (χ1v) is 6.15. The van der Waals surface area contributed by atoms with Gasteiger partial charge in [0.15, 0.2) is 0 Å². The molecule has 16 heavy (non-hydrogen) atoms. The summed E-state index contributed by atoms with van der Waals surface area (Å²) < 4.78 is 5.85. The molecule has 0 bridgehead atoms. The van der Waals surface area contributed by atoms with Crippen molar-refractivity contribution in [2.75, 3.05) is 6.54 Å². The topological polar surface area (TPSA) is 48.1 Å². The molecule has 0 unspecified atom stereocenters. The Bertz CT molecular complexity index is 496. The summed E-state index contributed by atoms with van der Waals surface area (Å²) in [5, 5.41) is 2.99. The molecule has 1 aliphatic rings. The van der Waals surface area contributed by atoms with E-state index in [2.05, 4.69) is 23.2 Å². The molecule has 3 nitrogen and oxygen atoms in total. The minimum absolute atomic E-state index is 0.121. The van der Waals surface area contributed by atoms with Gasteiger partial charge < -0.3 is 10.5 Å². The molecule has 0 fully saturated rings. The molecule has 2 heterocycles. The number of benzene rings is 1. The van der Waals surface area contributed by atoms with Crippen LogP contribution in [0.15, 0.2) is 29.8 Å². The van der Waals surface area contributed by atoms with Crippen LogP contribution in [0.25, 0.3) is 10.6 Å². The van der Waals surface area contributed by atoms with Gasteiger partial charge in [0.2, 0.25) is 0 Å². The molecule has 4 heteroatoms. The van der Waals surface area contributed by atoms with Crippen LogP contribution in [-0.2, 0) is 6.42 Å². The number of hydrogen-bond acceptors (Lipinski definition) is 4. The van der Waals surface area contributed by atoms with Crippen LogP contribution in [0, 0.1) is 0 Å². The second kappa shape index (κ2) is 3.88. The van der Waals surface area contributed by atoms with Crippen LogP contribution in [0.2, 0.25) is 0 Å². The van der Waals surface area contributed by atoms with E-state index in [9.17, 15) is 0 Å². The lowest BCUT2D eigenvalue weighted by Gasteiger charge is -2.08. The van der Waals surface area contributed by atoms with E-state index in [1.807, 2.05) is 11.6 Å². The van der Waals surface area contributed by atoms with Gasteiger partial charge in [-0.05, 0) is 11.6 Å². The van der Waals surface area contributed by atoms with Crippen LogP contribution in [0.4, 0.5) is 0 Å². The fourth-order valence-electron chi connectivity index (χ4n) is 1.99. The van der Waals surface area contributed by atoms with E-state index in [4.69, 9.17) is 10.5 Å². The monoisotopic (exact) mass is 232 g/mol. The van der Waals surface area contributed by atoms with Gasteiger partial charge >= 0.3 is 0 Å². The van der Waals surface area contributed by atoms with E-state index in [-0.39, 0.29) is 6.10 Å². The van der Waals surface area contributed by atoms with Gasteiger partial charge in [-0.25, -0.2) is 4.98 Å². The number of ether oxygens (including phenoxy) is 1. The average Bonchev–Trinajstić information content (AvgIpc) is 2.97. The zero-order valence-electron chi connectivity index (χ0n) is 8.72. The second-order valence-electron chi connectivity index (χ2n) is 3.81. The van der Waals surface area contributed by atoms with Crippen LogP contribution in [0.3, 0.4) is 0 Å². The van der Waals surface area contributed by atoms with E-state index >= 15 is 0 Å². The average molecular weight is 232 g/mol. The largest absolute Gasteiger partial charge is 0.488 e. The summed E-state index contributed by atoms with van der Waals surface area (Å²) >= 11 is 1.63.